The molecular weight excluding hydrogens is 368 g/mol. The maximum atomic E-state index is 13.3. The third kappa shape index (κ3) is 3.45. The van der Waals surface area contributed by atoms with Gasteiger partial charge in [-0.3, -0.25) is 0 Å². The maximum absolute atomic E-state index is 13.3. The Labute approximate surface area is 132 Å². The van der Waals surface area contributed by atoms with Gasteiger partial charge in [0.1, 0.15) is 11.6 Å². The van der Waals surface area contributed by atoms with Gasteiger partial charge in [0.2, 0.25) is 0 Å². The molecule has 1 N–H and O–H groups in total. The topological polar surface area (TPSA) is 37.8 Å². The SMILES string of the molecule is CCCNc1nc(-c2cccc(F)c2)nc(CC)c1I. The summed E-state index contributed by atoms with van der Waals surface area (Å²) in [7, 11) is 0. The summed E-state index contributed by atoms with van der Waals surface area (Å²) < 4.78 is 14.4. The second-order valence-corrected chi connectivity index (χ2v) is 5.53. The molecule has 0 amide bonds. The molecule has 0 aliphatic rings. The van der Waals surface area contributed by atoms with E-state index < -0.39 is 0 Å². The van der Waals surface area contributed by atoms with Crippen LogP contribution in [-0.2, 0) is 6.42 Å². The summed E-state index contributed by atoms with van der Waals surface area (Å²) in [5, 5.41) is 3.31. The molecule has 1 heterocycles. The van der Waals surface area contributed by atoms with Gasteiger partial charge >= 0.3 is 0 Å². The Morgan fingerprint density at radius 1 is 1.25 bits per heavy atom. The summed E-state index contributed by atoms with van der Waals surface area (Å²) in [6.45, 7) is 5.03. The van der Waals surface area contributed by atoms with E-state index in [1.54, 1.807) is 6.07 Å². The van der Waals surface area contributed by atoms with Crippen LogP contribution in [0.1, 0.15) is 26.0 Å². The highest BCUT2D eigenvalue weighted by molar-refractivity contribution is 14.1. The number of benzene rings is 1. The van der Waals surface area contributed by atoms with Gasteiger partial charge in [-0.25, -0.2) is 14.4 Å². The van der Waals surface area contributed by atoms with E-state index in [0.29, 0.717) is 11.4 Å². The van der Waals surface area contributed by atoms with E-state index in [4.69, 9.17) is 0 Å². The van der Waals surface area contributed by atoms with E-state index in [1.165, 1.54) is 12.1 Å². The van der Waals surface area contributed by atoms with Gasteiger partial charge in [-0.2, -0.15) is 0 Å². The summed E-state index contributed by atoms with van der Waals surface area (Å²) in [5.74, 6) is 1.13. The Hall–Kier alpha value is -1.24. The summed E-state index contributed by atoms with van der Waals surface area (Å²) in [6.07, 6.45) is 1.85. The van der Waals surface area contributed by atoms with Gasteiger partial charge in [-0.05, 0) is 47.6 Å². The van der Waals surface area contributed by atoms with Crippen LogP contribution in [0.25, 0.3) is 11.4 Å². The van der Waals surface area contributed by atoms with Crippen molar-refractivity contribution in [2.75, 3.05) is 11.9 Å². The Bertz CT molecular complexity index is 602. The van der Waals surface area contributed by atoms with Gasteiger partial charge in [0, 0.05) is 12.1 Å². The van der Waals surface area contributed by atoms with Crippen LogP contribution in [0.2, 0.25) is 0 Å². The average molecular weight is 385 g/mol. The summed E-state index contributed by atoms with van der Waals surface area (Å²) in [5.41, 5.74) is 1.69. The number of nitrogens with one attached hydrogen (secondary N) is 1. The van der Waals surface area contributed by atoms with Crippen LogP contribution >= 0.6 is 22.6 Å². The number of hydrogen-bond acceptors (Lipinski definition) is 3. The Balaban J connectivity index is 2.48. The predicted molar refractivity (Wildman–Crippen MR) is 88.3 cm³/mol. The molecule has 0 saturated carbocycles. The monoisotopic (exact) mass is 385 g/mol. The highest BCUT2D eigenvalue weighted by Gasteiger charge is 2.12. The lowest BCUT2D eigenvalue weighted by atomic mass is 10.2. The third-order valence-corrected chi connectivity index (χ3v) is 4.01. The van der Waals surface area contributed by atoms with E-state index in [-0.39, 0.29) is 5.82 Å². The molecule has 5 heteroatoms. The Morgan fingerprint density at radius 2 is 2.05 bits per heavy atom. The molecule has 1 aromatic carbocycles. The van der Waals surface area contributed by atoms with Gasteiger partial charge in [-0.15, -0.1) is 0 Å². The van der Waals surface area contributed by atoms with E-state index in [0.717, 1.165) is 34.5 Å². The molecule has 0 fully saturated rings. The minimum atomic E-state index is -0.272. The largest absolute Gasteiger partial charge is 0.369 e. The molecule has 20 heavy (non-hydrogen) atoms. The fourth-order valence-electron chi connectivity index (χ4n) is 1.85. The lowest BCUT2D eigenvalue weighted by molar-refractivity contribution is 0.628. The number of aromatic nitrogens is 2. The van der Waals surface area contributed by atoms with Crippen LogP contribution in [0.15, 0.2) is 24.3 Å². The van der Waals surface area contributed by atoms with E-state index >= 15 is 0 Å². The molecule has 3 nitrogen and oxygen atoms in total. The molecule has 0 unspecified atom stereocenters. The number of rotatable bonds is 5. The van der Waals surface area contributed by atoms with Crippen molar-refractivity contribution in [3.8, 4) is 11.4 Å². The minimum Gasteiger partial charge on any atom is -0.369 e. The number of nitrogens with zero attached hydrogens (tertiary/aromatic N) is 2. The first-order valence-corrected chi connectivity index (χ1v) is 7.79. The molecule has 0 spiro atoms. The van der Waals surface area contributed by atoms with Crippen molar-refractivity contribution in [1.82, 2.24) is 9.97 Å². The fourth-order valence-corrected chi connectivity index (χ4v) is 2.66. The summed E-state index contributed by atoms with van der Waals surface area (Å²) >= 11 is 2.26. The smallest absolute Gasteiger partial charge is 0.161 e. The first-order chi connectivity index (χ1) is 9.65. The van der Waals surface area contributed by atoms with Gasteiger partial charge in [0.05, 0.1) is 9.26 Å². The number of hydrogen-bond donors (Lipinski definition) is 1. The molecule has 0 aliphatic heterocycles. The summed E-state index contributed by atoms with van der Waals surface area (Å²) in [4.78, 5) is 9.08. The van der Waals surface area contributed by atoms with Crippen molar-refractivity contribution in [2.24, 2.45) is 0 Å². The van der Waals surface area contributed by atoms with Crippen LogP contribution in [0.5, 0.6) is 0 Å². The van der Waals surface area contributed by atoms with Crippen LogP contribution in [-0.4, -0.2) is 16.5 Å². The second kappa shape index (κ2) is 6.97. The zero-order chi connectivity index (χ0) is 14.5. The normalized spacial score (nSPS) is 10.6. The van der Waals surface area contributed by atoms with Crippen LogP contribution in [0, 0.1) is 9.39 Å². The van der Waals surface area contributed by atoms with E-state index in [9.17, 15) is 4.39 Å². The standard InChI is InChI=1S/C15H17FIN3/c1-3-8-18-15-13(17)12(4-2)19-14(20-15)10-6-5-7-11(16)9-10/h5-7,9H,3-4,8H2,1-2H3,(H,18,19,20). The molecule has 0 atom stereocenters. The zero-order valence-electron chi connectivity index (χ0n) is 11.6. The molecular formula is C15H17FIN3. The van der Waals surface area contributed by atoms with Crippen molar-refractivity contribution in [3.63, 3.8) is 0 Å². The number of anilines is 1. The molecule has 0 radical (unpaired) electrons. The Morgan fingerprint density at radius 3 is 2.70 bits per heavy atom. The van der Waals surface area contributed by atoms with Crippen LogP contribution in [0.4, 0.5) is 10.2 Å². The summed E-state index contributed by atoms with van der Waals surface area (Å²) in [6, 6.07) is 6.39. The lowest BCUT2D eigenvalue weighted by Crippen LogP contribution is -2.08. The molecule has 0 saturated heterocycles. The van der Waals surface area contributed by atoms with Gasteiger partial charge < -0.3 is 5.32 Å². The number of halogens is 2. The highest BCUT2D eigenvalue weighted by Crippen LogP contribution is 2.24. The van der Waals surface area contributed by atoms with Crippen molar-refractivity contribution in [3.05, 3.63) is 39.3 Å². The molecule has 0 bridgehead atoms. The first kappa shape index (κ1) is 15.2. The van der Waals surface area contributed by atoms with Crippen molar-refractivity contribution >= 4 is 28.4 Å². The molecule has 2 aromatic rings. The molecule has 106 valence electrons. The van der Waals surface area contributed by atoms with Crippen LogP contribution in [0.3, 0.4) is 0 Å². The van der Waals surface area contributed by atoms with E-state index in [1.807, 2.05) is 6.07 Å². The van der Waals surface area contributed by atoms with Gasteiger partial charge in [0.25, 0.3) is 0 Å². The maximum Gasteiger partial charge on any atom is 0.161 e. The van der Waals surface area contributed by atoms with Crippen molar-refractivity contribution in [2.45, 2.75) is 26.7 Å². The predicted octanol–water partition coefficient (Wildman–Crippen LogP) is 4.27. The molecule has 0 aliphatic carbocycles. The van der Waals surface area contributed by atoms with Crippen molar-refractivity contribution < 1.29 is 4.39 Å². The zero-order valence-corrected chi connectivity index (χ0v) is 13.7. The molecule has 2 rings (SSSR count). The average Bonchev–Trinajstić information content (AvgIpc) is 2.46. The van der Waals surface area contributed by atoms with Gasteiger partial charge in [-0.1, -0.05) is 26.0 Å². The minimum absolute atomic E-state index is 0.272. The van der Waals surface area contributed by atoms with Crippen molar-refractivity contribution in [1.29, 1.82) is 0 Å². The Kier molecular flexibility index (Phi) is 5.28. The highest BCUT2D eigenvalue weighted by atomic mass is 127. The van der Waals surface area contributed by atoms with Crippen LogP contribution < -0.4 is 5.32 Å². The first-order valence-electron chi connectivity index (χ1n) is 6.72. The van der Waals surface area contributed by atoms with Gasteiger partial charge in [0.15, 0.2) is 5.82 Å². The second-order valence-electron chi connectivity index (χ2n) is 4.45. The number of aryl methyl sites for hydroxylation is 1. The fraction of sp³-hybridized carbons (Fsp3) is 0.333. The van der Waals surface area contributed by atoms with E-state index in [2.05, 4.69) is 51.7 Å². The molecule has 1 aromatic heterocycles. The quantitative estimate of drug-likeness (QED) is 0.782. The third-order valence-electron chi connectivity index (χ3n) is 2.88. The lowest BCUT2D eigenvalue weighted by Gasteiger charge is -2.12.